The maximum Gasteiger partial charge on any atom is 1.00 e. The summed E-state index contributed by atoms with van der Waals surface area (Å²) < 4.78 is 0. The Labute approximate surface area is 126 Å². The molecule has 0 heterocycles. The largest absolute Gasteiger partial charge is 1.00 e. The van der Waals surface area contributed by atoms with E-state index in [9.17, 15) is 0 Å². The molecule has 2 aromatic carbocycles. The van der Waals surface area contributed by atoms with Crippen LogP contribution in [0.5, 0.6) is 0 Å². The molecular weight excluding hydrogens is 223 g/mol. The molecule has 2 aromatic rings. The van der Waals surface area contributed by atoms with Crippen molar-refractivity contribution in [3.8, 4) is 0 Å². The maximum atomic E-state index is 2.42. The average molecular weight is 238 g/mol. The fraction of sp³-hybridized carbons (Fsp3) is 0.167. The summed E-state index contributed by atoms with van der Waals surface area (Å²) in [6.45, 7) is 0. The fourth-order valence-electron chi connectivity index (χ4n) is 3.13. The molecule has 88 valence electrons. The third-order valence-corrected chi connectivity index (χ3v) is 4.04. The van der Waals surface area contributed by atoms with Crippen LogP contribution in [0.15, 0.2) is 48.5 Å². The number of fused-ring (bicyclic) bond motifs is 2. The van der Waals surface area contributed by atoms with Gasteiger partial charge in [-0.2, -0.15) is 18.1 Å². The van der Waals surface area contributed by atoms with E-state index < -0.39 is 0 Å². The Hall–Kier alpha value is -1.35. The van der Waals surface area contributed by atoms with Gasteiger partial charge in [0, 0.05) is 0 Å². The summed E-state index contributed by atoms with van der Waals surface area (Å²) in [6, 6.07) is 15.5. The Morgan fingerprint density at radius 1 is 0.947 bits per heavy atom. The van der Waals surface area contributed by atoms with Crippen molar-refractivity contribution in [2.24, 2.45) is 0 Å². The predicted molar refractivity (Wildman–Crippen MR) is 75.4 cm³/mol. The van der Waals surface area contributed by atoms with Crippen molar-refractivity contribution in [3.63, 3.8) is 0 Å². The van der Waals surface area contributed by atoms with Crippen LogP contribution in [0.1, 0.15) is 34.2 Å². The molecule has 0 unspecified atom stereocenters. The van der Waals surface area contributed by atoms with Gasteiger partial charge in [-0.3, -0.25) is 0 Å². The van der Waals surface area contributed by atoms with Crippen molar-refractivity contribution in [3.05, 3.63) is 82.8 Å². The topological polar surface area (TPSA) is 0 Å². The normalized spacial score (nSPS) is 15.1. The quantitative estimate of drug-likeness (QED) is 0.517. The molecule has 4 rings (SSSR count). The van der Waals surface area contributed by atoms with Gasteiger partial charge < -0.3 is 0 Å². The number of rotatable bonds is 1. The van der Waals surface area contributed by atoms with E-state index in [4.69, 9.17) is 0 Å². The van der Waals surface area contributed by atoms with E-state index >= 15 is 0 Å². The number of allylic oxidation sites excluding steroid dienone is 1. The summed E-state index contributed by atoms with van der Waals surface area (Å²) >= 11 is 0. The van der Waals surface area contributed by atoms with Gasteiger partial charge >= 0.3 is 18.9 Å². The fourth-order valence-corrected chi connectivity index (χ4v) is 3.13. The number of aryl methyl sites for hydroxylation is 1. The molecule has 0 aromatic heterocycles. The smallest absolute Gasteiger partial charge is 0.188 e. The minimum atomic E-state index is 0. The number of hydrogen-bond donors (Lipinski definition) is 0. The van der Waals surface area contributed by atoms with E-state index in [0.717, 1.165) is 6.42 Å². The zero-order valence-corrected chi connectivity index (χ0v) is 11.3. The van der Waals surface area contributed by atoms with Gasteiger partial charge in [0.15, 0.2) is 0 Å². The summed E-state index contributed by atoms with van der Waals surface area (Å²) in [4.78, 5) is 0. The summed E-state index contributed by atoms with van der Waals surface area (Å²) in [6.07, 6.45) is 8.27. The van der Waals surface area contributed by atoms with Crippen LogP contribution >= 0.6 is 0 Å². The first-order chi connectivity index (χ1) is 8.92. The van der Waals surface area contributed by atoms with Gasteiger partial charge in [-0.15, -0.1) is 11.6 Å². The second kappa shape index (κ2) is 4.97. The predicted octanol–water partition coefficient (Wildman–Crippen LogP) is 1.18. The first kappa shape index (κ1) is 12.7. The van der Waals surface area contributed by atoms with Gasteiger partial charge in [0.25, 0.3) is 0 Å². The SMILES string of the molecule is C1=C(c2ccccc2)c2cc3c(cc2C1)CC[CH-]3.[Li+]. The molecule has 0 nitrogen and oxygen atoms in total. The van der Waals surface area contributed by atoms with Crippen molar-refractivity contribution >= 4 is 5.57 Å². The molecule has 0 atom stereocenters. The molecule has 2 aliphatic carbocycles. The summed E-state index contributed by atoms with van der Waals surface area (Å²) in [5, 5.41) is 0. The Balaban J connectivity index is 0.00000110. The third kappa shape index (κ3) is 2.06. The Morgan fingerprint density at radius 3 is 2.63 bits per heavy atom. The molecular formula is C18H15Li. The van der Waals surface area contributed by atoms with E-state index in [0.29, 0.717) is 0 Å². The molecule has 0 bridgehead atoms. The zero-order chi connectivity index (χ0) is 11.9. The number of benzene rings is 2. The monoisotopic (exact) mass is 238 g/mol. The molecule has 0 saturated carbocycles. The maximum absolute atomic E-state index is 2.42. The molecule has 0 aliphatic heterocycles. The van der Waals surface area contributed by atoms with Crippen LogP contribution in [0, 0.1) is 6.42 Å². The zero-order valence-electron chi connectivity index (χ0n) is 11.3. The van der Waals surface area contributed by atoms with Crippen molar-refractivity contribution in [2.75, 3.05) is 0 Å². The second-order valence-electron chi connectivity index (χ2n) is 5.14. The van der Waals surface area contributed by atoms with Crippen molar-refractivity contribution in [2.45, 2.75) is 19.3 Å². The Kier molecular flexibility index (Phi) is 3.31. The van der Waals surface area contributed by atoms with Crippen molar-refractivity contribution < 1.29 is 18.9 Å². The van der Waals surface area contributed by atoms with Gasteiger partial charge in [-0.25, -0.2) is 0 Å². The van der Waals surface area contributed by atoms with Crippen LogP contribution < -0.4 is 18.9 Å². The molecule has 0 spiro atoms. The molecule has 1 heteroatoms. The first-order valence-electron chi connectivity index (χ1n) is 6.67. The molecule has 0 fully saturated rings. The minimum absolute atomic E-state index is 0. The van der Waals surface area contributed by atoms with E-state index in [1.807, 2.05) is 0 Å². The minimum Gasteiger partial charge on any atom is -0.188 e. The van der Waals surface area contributed by atoms with Gasteiger partial charge in [0.2, 0.25) is 0 Å². The van der Waals surface area contributed by atoms with Crippen LogP contribution in [0.25, 0.3) is 5.57 Å². The van der Waals surface area contributed by atoms with Crippen molar-refractivity contribution in [1.29, 1.82) is 0 Å². The van der Waals surface area contributed by atoms with E-state index in [2.05, 4.69) is 55.0 Å². The first-order valence-corrected chi connectivity index (χ1v) is 6.67. The van der Waals surface area contributed by atoms with E-state index in [1.165, 1.54) is 46.2 Å². The van der Waals surface area contributed by atoms with Crippen LogP contribution in [0.4, 0.5) is 0 Å². The van der Waals surface area contributed by atoms with Gasteiger partial charge in [0.1, 0.15) is 0 Å². The Bertz CT molecular complexity index is 638. The molecule has 0 amide bonds. The molecule has 2 aliphatic rings. The van der Waals surface area contributed by atoms with Crippen molar-refractivity contribution in [1.82, 2.24) is 0 Å². The number of hydrogen-bond acceptors (Lipinski definition) is 0. The molecule has 0 N–H and O–H groups in total. The van der Waals surface area contributed by atoms with E-state index in [1.54, 1.807) is 0 Å². The summed E-state index contributed by atoms with van der Waals surface area (Å²) in [7, 11) is 0. The molecule has 19 heavy (non-hydrogen) atoms. The van der Waals surface area contributed by atoms with Crippen LogP contribution in [0.3, 0.4) is 0 Å². The second-order valence-corrected chi connectivity index (χ2v) is 5.14. The van der Waals surface area contributed by atoms with E-state index in [-0.39, 0.29) is 18.9 Å². The van der Waals surface area contributed by atoms with Gasteiger partial charge in [-0.05, 0) is 17.6 Å². The summed E-state index contributed by atoms with van der Waals surface area (Å²) in [5.41, 5.74) is 8.69. The Morgan fingerprint density at radius 2 is 1.79 bits per heavy atom. The van der Waals surface area contributed by atoms with Crippen LogP contribution in [-0.2, 0) is 12.8 Å². The van der Waals surface area contributed by atoms with Crippen LogP contribution in [0.2, 0.25) is 0 Å². The summed E-state index contributed by atoms with van der Waals surface area (Å²) in [5.74, 6) is 0. The molecule has 0 radical (unpaired) electrons. The molecule has 0 saturated heterocycles. The third-order valence-electron chi connectivity index (χ3n) is 4.04. The standard InChI is InChI=1S/C18H15.Li/c1-2-5-13(6-3-1)17-10-9-16-11-14-7-4-8-15(14)12-18(16)17;/h1-3,5-6,8,10-12H,4,7,9H2;/q-1;+1. The van der Waals surface area contributed by atoms with Gasteiger partial charge in [-0.1, -0.05) is 60.4 Å². The van der Waals surface area contributed by atoms with Gasteiger partial charge in [0.05, 0.1) is 0 Å². The van der Waals surface area contributed by atoms with Crippen LogP contribution in [-0.4, -0.2) is 0 Å². The average Bonchev–Trinajstić information content (AvgIpc) is 3.02.